The van der Waals surface area contributed by atoms with Crippen molar-refractivity contribution in [2.45, 2.75) is 12.6 Å². The molecule has 0 bridgehead atoms. The number of rotatable bonds is 6. The van der Waals surface area contributed by atoms with Crippen molar-refractivity contribution in [1.29, 1.82) is 0 Å². The average molecular weight is 456 g/mol. The van der Waals surface area contributed by atoms with Crippen LogP contribution in [0.25, 0.3) is 20.7 Å². The van der Waals surface area contributed by atoms with Crippen molar-refractivity contribution in [3.63, 3.8) is 0 Å². The SMILES string of the molecule is CN(CCC(=O)Nc1ccccc1C(F)(F)F)c1ncnc2sc(-c3ccccc3)cc12. The van der Waals surface area contributed by atoms with Crippen LogP contribution < -0.4 is 10.2 Å². The van der Waals surface area contributed by atoms with E-state index >= 15 is 0 Å². The molecule has 0 aliphatic carbocycles. The molecule has 9 heteroatoms. The molecule has 2 aromatic carbocycles. The average Bonchev–Trinajstić information content (AvgIpc) is 3.22. The molecule has 164 valence electrons. The zero-order valence-electron chi connectivity index (χ0n) is 17.1. The third-order valence-electron chi connectivity index (χ3n) is 4.91. The van der Waals surface area contributed by atoms with Crippen LogP contribution in [-0.2, 0) is 11.0 Å². The lowest BCUT2D eigenvalue weighted by Crippen LogP contribution is -2.25. The minimum absolute atomic E-state index is 0.00384. The summed E-state index contributed by atoms with van der Waals surface area (Å²) in [6.07, 6.45) is -3.06. The van der Waals surface area contributed by atoms with E-state index in [2.05, 4.69) is 15.3 Å². The lowest BCUT2D eigenvalue weighted by atomic mass is 10.1. The van der Waals surface area contributed by atoms with E-state index in [1.165, 1.54) is 24.5 Å². The normalized spacial score (nSPS) is 11.5. The van der Waals surface area contributed by atoms with Crippen molar-refractivity contribution in [3.8, 4) is 10.4 Å². The molecule has 1 N–H and O–H groups in total. The Morgan fingerprint density at radius 2 is 1.78 bits per heavy atom. The molecule has 4 aromatic rings. The van der Waals surface area contributed by atoms with Crippen molar-refractivity contribution in [2.24, 2.45) is 0 Å². The highest BCUT2D eigenvalue weighted by molar-refractivity contribution is 7.21. The summed E-state index contributed by atoms with van der Waals surface area (Å²) in [7, 11) is 1.79. The number of nitrogens with one attached hydrogen (secondary N) is 1. The number of amides is 1. The van der Waals surface area contributed by atoms with Gasteiger partial charge in [-0.3, -0.25) is 4.79 Å². The first-order valence-corrected chi connectivity index (χ1v) is 10.6. The van der Waals surface area contributed by atoms with Crippen molar-refractivity contribution < 1.29 is 18.0 Å². The molecule has 32 heavy (non-hydrogen) atoms. The van der Waals surface area contributed by atoms with Gasteiger partial charge in [0, 0.05) is 24.9 Å². The Labute approximate surface area is 186 Å². The molecule has 0 saturated heterocycles. The minimum atomic E-state index is -4.54. The van der Waals surface area contributed by atoms with Gasteiger partial charge in [0.1, 0.15) is 17.0 Å². The number of benzene rings is 2. The number of thiophene rings is 1. The summed E-state index contributed by atoms with van der Waals surface area (Å²) >= 11 is 1.55. The lowest BCUT2D eigenvalue weighted by Gasteiger charge is -2.19. The van der Waals surface area contributed by atoms with Crippen LogP contribution in [0, 0.1) is 0 Å². The van der Waals surface area contributed by atoms with Crippen LogP contribution in [0.5, 0.6) is 0 Å². The molecule has 5 nitrogen and oxygen atoms in total. The van der Waals surface area contributed by atoms with E-state index in [-0.39, 0.29) is 18.7 Å². The van der Waals surface area contributed by atoms with Crippen LogP contribution in [0.15, 0.2) is 67.0 Å². The lowest BCUT2D eigenvalue weighted by molar-refractivity contribution is -0.137. The number of alkyl halides is 3. The fraction of sp³-hybridized carbons (Fsp3) is 0.174. The first-order valence-electron chi connectivity index (χ1n) is 9.80. The van der Waals surface area contributed by atoms with Crippen molar-refractivity contribution >= 4 is 39.0 Å². The number of hydrogen-bond acceptors (Lipinski definition) is 5. The van der Waals surface area contributed by atoms with E-state index in [4.69, 9.17) is 0 Å². The van der Waals surface area contributed by atoms with Crippen LogP contribution in [0.2, 0.25) is 0 Å². The number of hydrogen-bond donors (Lipinski definition) is 1. The van der Waals surface area contributed by atoms with E-state index in [1.54, 1.807) is 23.3 Å². The number of anilines is 2. The highest BCUT2D eigenvalue weighted by Crippen LogP contribution is 2.36. The van der Waals surface area contributed by atoms with Crippen LogP contribution in [0.3, 0.4) is 0 Å². The molecule has 0 aliphatic heterocycles. The Morgan fingerprint density at radius 3 is 2.53 bits per heavy atom. The van der Waals surface area contributed by atoms with Gasteiger partial charge in [0.25, 0.3) is 0 Å². The molecule has 0 spiro atoms. The Bertz CT molecular complexity index is 1240. The van der Waals surface area contributed by atoms with E-state index in [0.29, 0.717) is 5.82 Å². The molecule has 1 amide bonds. The maximum atomic E-state index is 13.1. The van der Waals surface area contributed by atoms with Gasteiger partial charge in [0.15, 0.2) is 0 Å². The van der Waals surface area contributed by atoms with Gasteiger partial charge in [-0.1, -0.05) is 42.5 Å². The fourth-order valence-electron chi connectivity index (χ4n) is 3.32. The quantitative estimate of drug-likeness (QED) is 0.396. The van der Waals surface area contributed by atoms with E-state index in [9.17, 15) is 18.0 Å². The standard InChI is InChI=1S/C23H19F3N4OS/c1-30(12-11-20(31)29-18-10-6-5-9-17(18)23(24,25)26)21-16-13-19(15-7-3-2-4-8-15)32-22(16)28-14-27-21/h2-10,13-14H,11-12H2,1H3,(H,29,31). The van der Waals surface area contributed by atoms with Gasteiger partial charge < -0.3 is 10.2 Å². The maximum Gasteiger partial charge on any atom is 0.418 e. The Morgan fingerprint density at radius 1 is 1.06 bits per heavy atom. The summed E-state index contributed by atoms with van der Waals surface area (Å²) in [6.45, 7) is 0.280. The molecule has 0 radical (unpaired) electrons. The molecule has 0 fully saturated rings. The highest BCUT2D eigenvalue weighted by Gasteiger charge is 2.33. The number of carbonyl (C=O) groups excluding carboxylic acids is 1. The first kappa shape index (κ1) is 21.8. The largest absolute Gasteiger partial charge is 0.418 e. The number of para-hydroxylation sites is 1. The molecule has 4 rings (SSSR count). The third-order valence-corrected chi connectivity index (χ3v) is 6.00. The Hall–Kier alpha value is -3.46. The van der Waals surface area contributed by atoms with Gasteiger partial charge in [0.2, 0.25) is 5.91 Å². The smallest absolute Gasteiger partial charge is 0.359 e. The summed E-state index contributed by atoms with van der Waals surface area (Å²) < 4.78 is 39.4. The van der Waals surface area contributed by atoms with Crippen LogP contribution in [0.4, 0.5) is 24.7 Å². The van der Waals surface area contributed by atoms with Gasteiger partial charge in [-0.15, -0.1) is 11.3 Å². The van der Waals surface area contributed by atoms with Crippen LogP contribution in [-0.4, -0.2) is 29.5 Å². The molecular formula is C23H19F3N4OS. The second kappa shape index (κ2) is 8.96. The monoisotopic (exact) mass is 456 g/mol. The minimum Gasteiger partial charge on any atom is -0.359 e. The zero-order chi connectivity index (χ0) is 22.7. The summed E-state index contributed by atoms with van der Waals surface area (Å²) in [5.74, 6) is 0.158. The molecular weight excluding hydrogens is 437 g/mol. The summed E-state index contributed by atoms with van der Waals surface area (Å²) in [4.78, 5) is 24.7. The van der Waals surface area contributed by atoms with Gasteiger partial charge in [-0.05, 0) is 23.8 Å². The predicted octanol–water partition coefficient (Wildman–Crippen LogP) is 5.84. The number of halogens is 3. The molecule has 0 atom stereocenters. The molecule has 0 saturated carbocycles. The van der Waals surface area contributed by atoms with Crippen LogP contribution >= 0.6 is 11.3 Å². The number of fused-ring (bicyclic) bond motifs is 1. The number of nitrogens with zero attached hydrogens (tertiary/aromatic N) is 3. The second-order valence-electron chi connectivity index (χ2n) is 7.16. The van der Waals surface area contributed by atoms with Gasteiger partial charge >= 0.3 is 6.18 Å². The topological polar surface area (TPSA) is 58.1 Å². The molecule has 0 unspecified atom stereocenters. The van der Waals surface area contributed by atoms with Crippen LogP contribution in [0.1, 0.15) is 12.0 Å². The summed E-state index contributed by atoms with van der Waals surface area (Å²) in [6, 6.07) is 16.9. The zero-order valence-corrected chi connectivity index (χ0v) is 17.9. The van der Waals surface area contributed by atoms with Gasteiger partial charge in [-0.25, -0.2) is 9.97 Å². The summed E-state index contributed by atoms with van der Waals surface area (Å²) in [5, 5.41) is 3.23. The number of aromatic nitrogens is 2. The van der Waals surface area contributed by atoms with Crippen molar-refractivity contribution in [3.05, 3.63) is 72.6 Å². The molecule has 2 aromatic heterocycles. The maximum absolute atomic E-state index is 13.1. The molecule has 2 heterocycles. The van der Waals surface area contributed by atoms with Gasteiger partial charge in [0.05, 0.1) is 16.6 Å². The molecule has 0 aliphatic rings. The van der Waals surface area contributed by atoms with Crippen molar-refractivity contribution in [2.75, 3.05) is 23.8 Å². The Kier molecular flexibility index (Phi) is 6.09. The van der Waals surface area contributed by atoms with E-state index in [0.717, 1.165) is 26.7 Å². The predicted molar refractivity (Wildman–Crippen MR) is 121 cm³/mol. The van der Waals surface area contributed by atoms with E-state index in [1.807, 2.05) is 36.4 Å². The first-order chi connectivity index (χ1) is 15.3. The Balaban J connectivity index is 1.47. The third kappa shape index (κ3) is 4.72. The highest BCUT2D eigenvalue weighted by atomic mass is 32.1. The van der Waals surface area contributed by atoms with E-state index < -0.39 is 17.6 Å². The number of carbonyl (C=O) groups is 1. The second-order valence-corrected chi connectivity index (χ2v) is 8.19. The summed E-state index contributed by atoms with van der Waals surface area (Å²) in [5.41, 5.74) is -0.0415. The van der Waals surface area contributed by atoms with Crippen molar-refractivity contribution in [1.82, 2.24) is 9.97 Å². The van der Waals surface area contributed by atoms with Gasteiger partial charge in [-0.2, -0.15) is 13.2 Å². The fourth-order valence-corrected chi connectivity index (χ4v) is 4.32.